The Morgan fingerprint density at radius 2 is 2.00 bits per heavy atom. The number of hydrogen-bond acceptors (Lipinski definition) is 3. The normalized spacial score (nSPS) is 16.5. The number of H-pyrrole nitrogens is 2. The van der Waals surface area contributed by atoms with Crippen LogP contribution in [0, 0.1) is 0 Å². The average molecular weight is 204 g/mol. The number of imidazole rings is 1. The van der Waals surface area contributed by atoms with Crippen LogP contribution in [0.1, 0.15) is 0 Å². The standard InChI is InChI=1S/C10H12N4O/c15-10-13-8-2-1-6(3-9(8)14-10)12-7-4-11-5-7/h1-3,7,11-12H,4-5H2,(H2,13,14,15). The summed E-state index contributed by atoms with van der Waals surface area (Å²) in [4.78, 5) is 16.5. The van der Waals surface area contributed by atoms with Gasteiger partial charge in [-0.25, -0.2) is 4.79 Å². The average Bonchev–Trinajstić information content (AvgIpc) is 2.50. The molecule has 1 fully saturated rings. The maximum Gasteiger partial charge on any atom is 0.323 e. The number of aromatic nitrogens is 2. The Morgan fingerprint density at radius 3 is 2.73 bits per heavy atom. The summed E-state index contributed by atoms with van der Waals surface area (Å²) >= 11 is 0. The van der Waals surface area contributed by atoms with Gasteiger partial charge in [0.1, 0.15) is 0 Å². The summed E-state index contributed by atoms with van der Waals surface area (Å²) in [5.41, 5.74) is 2.58. The fourth-order valence-electron chi connectivity index (χ4n) is 1.75. The van der Waals surface area contributed by atoms with Crippen molar-refractivity contribution in [3.05, 3.63) is 28.7 Å². The molecule has 1 aliphatic rings. The lowest BCUT2D eigenvalue weighted by atomic mass is 10.1. The van der Waals surface area contributed by atoms with E-state index in [-0.39, 0.29) is 5.69 Å². The van der Waals surface area contributed by atoms with Gasteiger partial charge in [0, 0.05) is 18.8 Å². The fourth-order valence-corrected chi connectivity index (χ4v) is 1.75. The number of nitrogens with one attached hydrogen (secondary N) is 4. The SMILES string of the molecule is O=c1[nH]c2ccc(NC3CNC3)cc2[nH]1. The Labute approximate surface area is 85.9 Å². The summed E-state index contributed by atoms with van der Waals surface area (Å²) in [5.74, 6) is 0. The van der Waals surface area contributed by atoms with Gasteiger partial charge in [-0.3, -0.25) is 0 Å². The maximum atomic E-state index is 11.0. The summed E-state index contributed by atoms with van der Waals surface area (Å²) in [6, 6.07) is 6.34. The number of fused-ring (bicyclic) bond motifs is 1. The van der Waals surface area contributed by atoms with Crippen LogP contribution in [0.2, 0.25) is 0 Å². The Balaban J connectivity index is 1.94. The predicted molar refractivity (Wildman–Crippen MR) is 59.2 cm³/mol. The first-order chi connectivity index (χ1) is 7.31. The van der Waals surface area contributed by atoms with Crippen molar-refractivity contribution in [3.8, 4) is 0 Å². The second-order valence-corrected chi connectivity index (χ2v) is 3.84. The van der Waals surface area contributed by atoms with Gasteiger partial charge < -0.3 is 20.6 Å². The third-order valence-electron chi connectivity index (χ3n) is 2.67. The zero-order valence-electron chi connectivity index (χ0n) is 8.13. The van der Waals surface area contributed by atoms with E-state index in [1.165, 1.54) is 0 Å². The lowest BCUT2D eigenvalue weighted by Gasteiger charge is -2.28. The molecule has 0 atom stereocenters. The van der Waals surface area contributed by atoms with Crippen LogP contribution in [0.15, 0.2) is 23.0 Å². The molecule has 15 heavy (non-hydrogen) atoms. The predicted octanol–water partition coefficient (Wildman–Crippen LogP) is 0.240. The van der Waals surface area contributed by atoms with E-state index in [1.807, 2.05) is 18.2 Å². The Bertz CT molecular complexity index is 538. The monoisotopic (exact) mass is 204 g/mol. The maximum absolute atomic E-state index is 11.0. The topological polar surface area (TPSA) is 72.7 Å². The van der Waals surface area contributed by atoms with Crippen molar-refractivity contribution in [3.63, 3.8) is 0 Å². The number of benzene rings is 1. The molecule has 0 spiro atoms. The number of hydrogen-bond donors (Lipinski definition) is 4. The van der Waals surface area contributed by atoms with Crippen LogP contribution in [0.3, 0.4) is 0 Å². The van der Waals surface area contributed by atoms with Crippen LogP contribution in [0.4, 0.5) is 5.69 Å². The molecule has 1 aliphatic heterocycles. The minimum absolute atomic E-state index is 0.160. The minimum Gasteiger partial charge on any atom is -0.380 e. The molecule has 2 aromatic rings. The Morgan fingerprint density at radius 1 is 1.20 bits per heavy atom. The molecule has 0 saturated carbocycles. The van der Waals surface area contributed by atoms with E-state index < -0.39 is 0 Å². The molecule has 0 radical (unpaired) electrons. The molecule has 0 aliphatic carbocycles. The highest BCUT2D eigenvalue weighted by molar-refractivity contribution is 5.78. The molecule has 3 rings (SSSR count). The number of aromatic amines is 2. The highest BCUT2D eigenvalue weighted by Gasteiger charge is 2.15. The van der Waals surface area contributed by atoms with Crippen molar-refractivity contribution < 1.29 is 0 Å². The van der Waals surface area contributed by atoms with Crippen molar-refractivity contribution in [1.82, 2.24) is 15.3 Å². The fraction of sp³-hybridized carbons (Fsp3) is 0.300. The second-order valence-electron chi connectivity index (χ2n) is 3.84. The molecule has 78 valence electrons. The molecular formula is C10H12N4O. The quantitative estimate of drug-likeness (QED) is 0.566. The van der Waals surface area contributed by atoms with Gasteiger partial charge in [-0.15, -0.1) is 0 Å². The van der Waals surface area contributed by atoms with Crippen LogP contribution in [0.25, 0.3) is 11.0 Å². The summed E-state index contributed by atoms with van der Waals surface area (Å²) in [5, 5.41) is 6.58. The number of rotatable bonds is 2. The van der Waals surface area contributed by atoms with Crippen LogP contribution in [-0.2, 0) is 0 Å². The molecule has 1 aromatic heterocycles. The summed E-state index contributed by atoms with van der Waals surface area (Å²) in [6.07, 6.45) is 0. The van der Waals surface area contributed by atoms with Crippen molar-refractivity contribution in [2.45, 2.75) is 6.04 Å². The second kappa shape index (κ2) is 3.13. The van der Waals surface area contributed by atoms with E-state index in [2.05, 4.69) is 20.6 Å². The smallest absolute Gasteiger partial charge is 0.323 e. The van der Waals surface area contributed by atoms with E-state index >= 15 is 0 Å². The molecule has 0 unspecified atom stereocenters. The summed E-state index contributed by atoms with van der Waals surface area (Å²) in [7, 11) is 0. The van der Waals surface area contributed by atoms with Crippen molar-refractivity contribution in [1.29, 1.82) is 0 Å². The van der Waals surface area contributed by atoms with E-state index in [0.29, 0.717) is 6.04 Å². The van der Waals surface area contributed by atoms with Gasteiger partial charge in [-0.05, 0) is 18.2 Å². The molecule has 5 heteroatoms. The van der Waals surface area contributed by atoms with Gasteiger partial charge in [0.2, 0.25) is 0 Å². The van der Waals surface area contributed by atoms with Crippen molar-refractivity contribution in [2.75, 3.05) is 18.4 Å². The van der Waals surface area contributed by atoms with E-state index in [9.17, 15) is 4.79 Å². The Hall–Kier alpha value is -1.75. The van der Waals surface area contributed by atoms with Gasteiger partial charge in [-0.1, -0.05) is 0 Å². The molecular weight excluding hydrogens is 192 g/mol. The molecule has 0 amide bonds. The van der Waals surface area contributed by atoms with E-state index in [4.69, 9.17) is 0 Å². The van der Waals surface area contributed by atoms with Crippen LogP contribution < -0.4 is 16.3 Å². The molecule has 4 N–H and O–H groups in total. The lowest BCUT2D eigenvalue weighted by Crippen LogP contribution is -2.51. The zero-order valence-corrected chi connectivity index (χ0v) is 8.13. The molecule has 2 heterocycles. The molecule has 5 nitrogen and oxygen atoms in total. The summed E-state index contributed by atoms with van der Waals surface area (Å²) < 4.78 is 0. The molecule has 1 aromatic carbocycles. The highest BCUT2D eigenvalue weighted by Crippen LogP contribution is 2.15. The Kier molecular flexibility index (Phi) is 1.78. The molecule has 0 bridgehead atoms. The summed E-state index contributed by atoms with van der Waals surface area (Å²) in [6.45, 7) is 2.00. The first kappa shape index (κ1) is 8.55. The van der Waals surface area contributed by atoms with Crippen LogP contribution >= 0.6 is 0 Å². The third kappa shape index (κ3) is 1.50. The molecule has 1 saturated heterocycles. The van der Waals surface area contributed by atoms with Crippen LogP contribution in [0.5, 0.6) is 0 Å². The van der Waals surface area contributed by atoms with Gasteiger partial charge >= 0.3 is 5.69 Å². The minimum atomic E-state index is -0.160. The largest absolute Gasteiger partial charge is 0.380 e. The van der Waals surface area contributed by atoms with Gasteiger partial charge in [0.05, 0.1) is 17.1 Å². The lowest BCUT2D eigenvalue weighted by molar-refractivity contribution is 0.472. The number of anilines is 1. The van der Waals surface area contributed by atoms with Gasteiger partial charge in [0.15, 0.2) is 0 Å². The van der Waals surface area contributed by atoms with Gasteiger partial charge in [0.25, 0.3) is 0 Å². The highest BCUT2D eigenvalue weighted by atomic mass is 16.1. The zero-order chi connectivity index (χ0) is 10.3. The van der Waals surface area contributed by atoms with Crippen molar-refractivity contribution >= 4 is 16.7 Å². The van der Waals surface area contributed by atoms with Crippen molar-refractivity contribution in [2.24, 2.45) is 0 Å². The van der Waals surface area contributed by atoms with Gasteiger partial charge in [-0.2, -0.15) is 0 Å². The first-order valence-electron chi connectivity index (χ1n) is 5.00. The third-order valence-corrected chi connectivity index (χ3v) is 2.67. The van der Waals surface area contributed by atoms with E-state index in [0.717, 1.165) is 29.8 Å². The van der Waals surface area contributed by atoms with E-state index in [1.54, 1.807) is 0 Å². The van der Waals surface area contributed by atoms with Crippen LogP contribution in [-0.4, -0.2) is 29.1 Å². The first-order valence-corrected chi connectivity index (χ1v) is 5.00.